The summed E-state index contributed by atoms with van der Waals surface area (Å²) in [6.07, 6.45) is 5.82. The number of nitrogens with one attached hydrogen (secondary N) is 1. The fourth-order valence-electron chi connectivity index (χ4n) is 6.06. The fraction of sp³-hybridized carbons (Fsp3) is 0.290. The molecule has 5 nitrogen and oxygen atoms in total. The molecule has 36 heavy (non-hydrogen) atoms. The highest BCUT2D eigenvalue weighted by Gasteiger charge is 2.43. The second-order valence-corrected chi connectivity index (χ2v) is 10.1. The molecule has 2 unspecified atom stereocenters. The smallest absolute Gasteiger partial charge is 0.152 e. The van der Waals surface area contributed by atoms with Crippen molar-refractivity contribution in [1.82, 2.24) is 9.55 Å². The van der Waals surface area contributed by atoms with Gasteiger partial charge < -0.3 is 14.6 Å². The Kier molecular flexibility index (Phi) is 6.16. The van der Waals surface area contributed by atoms with E-state index >= 15 is 0 Å². The van der Waals surface area contributed by atoms with Gasteiger partial charge >= 0.3 is 0 Å². The number of para-hydroxylation sites is 1. The van der Waals surface area contributed by atoms with Gasteiger partial charge in [-0.2, -0.15) is 0 Å². The van der Waals surface area contributed by atoms with Gasteiger partial charge in [-0.1, -0.05) is 78.9 Å². The second-order valence-electron chi connectivity index (χ2n) is 10.1. The minimum atomic E-state index is -0.225. The first-order valence-corrected chi connectivity index (χ1v) is 13.0. The second kappa shape index (κ2) is 9.75. The van der Waals surface area contributed by atoms with Gasteiger partial charge in [0, 0.05) is 17.6 Å². The third-order valence-corrected chi connectivity index (χ3v) is 7.83. The molecule has 0 amide bonds. The van der Waals surface area contributed by atoms with Crippen LogP contribution in [0.2, 0.25) is 0 Å². The van der Waals surface area contributed by atoms with E-state index in [1.54, 1.807) is 0 Å². The SMILES string of the molecule is N=c1c2c(ncn1[C@H]1CC[C@H](O)CC1)C(Cc1ccccc1)C(c1ccccc1)N2c1ccccc1. The van der Waals surface area contributed by atoms with E-state index in [4.69, 9.17) is 4.98 Å². The third kappa shape index (κ3) is 4.14. The van der Waals surface area contributed by atoms with Crippen LogP contribution in [-0.4, -0.2) is 20.8 Å². The van der Waals surface area contributed by atoms with E-state index in [2.05, 4.69) is 89.8 Å². The van der Waals surface area contributed by atoms with Crippen molar-refractivity contribution in [3.05, 3.63) is 120 Å². The van der Waals surface area contributed by atoms with Gasteiger partial charge in [0.1, 0.15) is 5.69 Å². The molecular formula is C31H32N4O. The van der Waals surface area contributed by atoms with Crippen molar-refractivity contribution in [2.24, 2.45) is 0 Å². The average molecular weight is 477 g/mol. The molecule has 1 aliphatic heterocycles. The minimum Gasteiger partial charge on any atom is -0.393 e. The first-order valence-electron chi connectivity index (χ1n) is 13.0. The molecule has 2 heterocycles. The maximum atomic E-state index is 10.0. The van der Waals surface area contributed by atoms with Gasteiger partial charge in [0.05, 0.1) is 24.2 Å². The number of aromatic nitrogens is 2. The molecule has 0 spiro atoms. The highest BCUT2D eigenvalue weighted by atomic mass is 16.3. The lowest BCUT2D eigenvalue weighted by Gasteiger charge is -2.32. The van der Waals surface area contributed by atoms with Crippen molar-refractivity contribution in [2.75, 3.05) is 4.90 Å². The van der Waals surface area contributed by atoms with Crippen LogP contribution in [0, 0.1) is 5.41 Å². The van der Waals surface area contributed by atoms with Crippen molar-refractivity contribution in [2.45, 2.75) is 56.2 Å². The molecule has 2 atom stereocenters. The van der Waals surface area contributed by atoms with Crippen molar-refractivity contribution >= 4 is 11.4 Å². The summed E-state index contributed by atoms with van der Waals surface area (Å²) in [5, 5.41) is 19.5. The Morgan fingerprint density at radius 3 is 2.08 bits per heavy atom. The quantitative estimate of drug-likeness (QED) is 0.368. The average Bonchev–Trinajstić information content (AvgIpc) is 3.26. The molecule has 2 N–H and O–H groups in total. The number of aliphatic hydroxyl groups is 1. The maximum Gasteiger partial charge on any atom is 0.152 e. The monoisotopic (exact) mass is 476 g/mol. The van der Waals surface area contributed by atoms with E-state index in [1.807, 2.05) is 17.0 Å². The van der Waals surface area contributed by atoms with Crippen molar-refractivity contribution < 1.29 is 5.11 Å². The van der Waals surface area contributed by atoms with Gasteiger partial charge in [0.15, 0.2) is 5.49 Å². The van der Waals surface area contributed by atoms with E-state index in [-0.39, 0.29) is 24.1 Å². The fourth-order valence-corrected chi connectivity index (χ4v) is 6.06. The van der Waals surface area contributed by atoms with Gasteiger partial charge in [0.25, 0.3) is 0 Å². The number of anilines is 2. The summed E-state index contributed by atoms with van der Waals surface area (Å²) in [7, 11) is 0. The van der Waals surface area contributed by atoms with Crippen molar-refractivity contribution in [3.8, 4) is 0 Å². The van der Waals surface area contributed by atoms with Crippen LogP contribution < -0.4 is 10.4 Å². The number of fused-ring (bicyclic) bond motifs is 1. The summed E-state index contributed by atoms with van der Waals surface area (Å²) < 4.78 is 2.05. The maximum absolute atomic E-state index is 10.0. The lowest BCUT2D eigenvalue weighted by Crippen LogP contribution is -2.33. The Balaban J connectivity index is 1.53. The summed E-state index contributed by atoms with van der Waals surface area (Å²) in [5.74, 6) is 0.108. The summed E-state index contributed by atoms with van der Waals surface area (Å²) in [4.78, 5) is 7.43. The largest absolute Gasteiger partial charge is 0.393 e. The lowest BCUT2D eigenvalue weighted by atomic mass is 9.87. The molecule has 1 fully saturated rings. The molecule has 0 radical (unpaired) electrons. The van der Waals surface area contributed by atoms with Crippen LogP contribution in [0.1, 0.15) is 60.5 Å². The van der Waals surface area contributed by atoms with E-state index in [0.29, 0.717) is 5.49 Å². The van der Waals surface area contributed by atoms with Gasteiger partial charge in [-0.25, -0.2) is 4.98 Å². The third-order valence-electron chi connectivity index (χ3n) is 7.83. The highest BCUT2D eigenvalue weighted by molar-refractivity contribution is 5.71. The molecule has 1 aliphatic carbocycles. The molecule has 0 saturated heterocycles. The Hall–Kier alpha value is -3.70. The predicted octanol–water partition coefficient (Wildman–Crippen LogP) is 6.06. The number of benzene rings is 3. The number of hydrogen-bond acceptors (Lipinski definition) is 4. The Labute approximate surface area is 212 Å². The van der Waals surface area contributed by atoms with E-state index in [9.17, 15) is 10.5 Å². The van der Waals surface area contributed by atoms with E-state index in [1.165, 1.54) is 11.1 Å². The van der Waals surface area contributed by atoms with Crippen molar-refractivity contribution in [3.63, 3.8) is 0 Å². The minimum absolute atomic E-state index is 0.0319. The van der Waals surface area contributed by atoms with Gasteiger partial charge in [-0.05, 0) is 55.4 Å². The number of nitrogens with zero attached hydrogens (tertiary/aromatic N) is 3. The molecule has 5 heteroatoms. The zero-order valence-corrected chi connectivity index (χ0v) is 20.4. The molecule has 1 aromatic heterocycles. The number of hydrogen-bond donors (Lipinski definition) is 2. The molecule has 4 aromatic rings. The summed E-state index contributed by atoms with van der Waals surface area (Å²) in [5.41, 5.74) is 6.00. The molecular weight excluding hydrogens is 444 g/mol. The Morgan fingerprint density at radius 2 is 1.42 bits per heavy atom. The van der Waals surface area contributed by atoms with Crippen LogP contribution in [0.3, 0.4) is 0 Å². The molecule has 1 saturated carbocycles. The number of aliphatic hydroxyl groups excluding tert-OH is 1. The standard InChI is InChI=1S/C31H32N4O/c32-31-30-28(33-21-34(31)24-16-18-26(36)19-17-24)27(20-22-10-4-1-5-11-22)29(23-12-6-2-7-13-23)35(30)25-14-8-3-9-15-25/h1-15,21,24,26-27,29,32,36H,16-20H2/t24-,26-,27?,29?. The topological polar surface area (TPSA) is 65.1 Å². The molecule has 182 valence electrons. The first kappa shape index (κ1) is 22.7. The first-order chi connectivity index (χ1) is 17.7. The Morgan fingerprint density at radius 1 is 0.806 bits per heavy atom. The van der Waals surface area contributed by atoms with Gasteiger partial charge in [-0.15, -0.1) is 0 Å². The van der Waals surface area contributed by atoms with Crippen molar-refractivity contribution in [1.29, 1.82) is 5.41 Å². The van der Waals surface area contributed by atoms with Crippen LogP contribution in [0.4, 0.5) is 11.4 Å². The van der Waals surface area contributed by atoms with Crippen LogP contribution in [0.25, 0.3) is 0 Å². The molecule has 2 aliphatic rings. The normalized spacial score (nSPS) is 23.4. The molecule has 6 rings (SSSR count). The summed E-state index contributed by atoms with van der Waals surface area (Å²) >= 11 is 0. The summed E-state index contributed by atoms with van der Waals surface area (Å²) in [6, 6.07) is 32.0. The zero-order chi connectivity index (χ0) is 24.5. The van der Waals surface area contributed by atoms with Crippen LogP contribution in [0.5, 0.6) is 0 Å². The summed E-state index contributed by atoms with van der Waals surface area (Å²) in [6.45, 7) is 0. The number of rotatable bonds is 5. The van der Waals surface area contributed by atoms with Crippen LogP contribution in [0.15, 0.2) is 97.3 Å². The van der Waals surface area contributed by atoms with E-state index < -0.39 is 0 Å². The van der Waals surface area contributed by atoms with Crippen LogP contribution >= 0.6 is 0 Å². The van der Waals surface area contributed by atoms with Gasteiger partial charge in [-0.3, -0.25) is 5.41 Å². The lowest BCUT2D eigenvalue weighted by molar-refractivity contribution is 0.109. The molecule has 3 aromatic carbocycles. The van der Waals surface area contributed by atoms with Gasteiger partial charge in [0.2, 0.25) is 0 Å². The molecule has 0 bridgehead atoms. The zero-order valence-electron chi connectivity index (χ0n) is 20.4. The van der Waals surface area contributed by atoms with Crippen LogP contribution in [-0.2, 0) is 6.42 Å². The highest BCUT2D eigenvalue weighted by Crippen LogP contribution is 2.51. The van der Waals surface area contributed by atoms with E-state index in [0.717, 1.165) is 49.2 Å². The Bertz CT molecular complexity index is 1360. The predicted molar refractivity (Wildman–Crippen MR) is 142 cm³/mol.